The lowest BCUT2D eigenvalue weighted by molar-refractivity contribution is -0.132. The van der Waals surface area contributed by atoms with E-state index < -0.39 is 11.6 Å². The van der Waals surface area contributed by atoms with E-state index in [1.165, 1.54) is 0 Å². The standard InChI is InChI=1S/C16H22N2O4/c1-9-13(11-7-17-3-5-21-11)14(10(2)16(20)15(9)19)12-8-18-4-6-22-12/h11-12,17-18H,3-8H2,1-2H3. The molecule has 3 rings (SSSR count). The van der Waals surface area contributed by atoms with Crippen LogP contribution in [0.2, 0.25) is 0 Å². The highest BCUT2D eigenvalue weighted by molar-refractivity contribution is 6.50. The van der Waals surface area contributed by atoms with E-state index in [1.54, 1.807) is 13.8 Å². The Morgan fingerprint density at radius 3 is 1.55 bits per heavy atom. The van der Waals surface area contributed by atoms with E-state index in [0.717, 1.165) is 24.2 Å². The number of ether oxygens (including phenoxy) is 2. The van der Waals surface area contributed by atoms with Gasteiger partial charge in [-0.05, 0) is 25.0 Å². The summed E-state index contributed by atoms with van der Waals surface area (Å²) in [6, 6.07) is 0. The maximum atomic E-state index is 12.2. The molecule has 0 spiro atoms. The van der Waals surface area contributed by atoms with Crippen molar-refractivity contribution in [3.8, 4) is 0 Å². The van der Waals surface area contributed by atoms with Gasteiger partial charge in [-0.2, -0.15) is 0 Å². The van der Waals surface area contributed by atoms with Gasteiger partial charge in [-0.1, -0.05) is 0 Å². The normalized spacial score (nSPS) is 31.0. The fourth-order valence-corrected chi connectivity index (χ4v) is 3.32. The van der Waals surface area contributed by atoms with Gasteiger partial charge in [-0.15, -0.1) is 0 Å². The van der Waals surface area contributed by atoms with Gasteiger partial charge in [-0.25, -0.2) is 0 Å². The molecule has 0 aromatic carbocycles. The Kier molecular flexibility index (Phi) is 4.54. The Balaban J connectivity index is 2.03. The molecule has 1 aliphatic carbocycles. The molecule has 0 amide bonds. The fraction of sp³-hybridized carbons (Fsp3) is 0.625. The number of allylic oxidation sites excluding steroid dienone is 2. The van der Waals surface area contributed by atoms with Crippen molar-refractivity contribution in [3.63, 3.8) is 0 Å². The molecule has 0 bridgehead atoms. The molecular weight excluding hydrogens is 284 g/mol. The maximum absolute atomic E-state index is 12.2. The van der Waals surface area contributed by atoms with Crippen molar-refractivity contribution >= 4 is 11.6 Å². The first kappa shape index (κ1) is 15.6. The van der Waals surface area contributed by atoms with Crippen molar-refractivity contribution in [3.05, 3.63) is 22.3 Å². The molecule has 2 saturated heterocycles. The first-order valence-electron chi connectivity index (χ1n) is 7.77. The van der Waals surface area contributed by atoms with E-state index >= 15 is 0 Å². The third kappa shape index (κ3) is 2.67. The van der Waals surface area contributed by atoms with Crippen LogP contribution in [-0.2, 0) is 19.1 Å². The van der Waals surface area contributed by atoms with Crippen LogP contribution in [0.4, 0.5) is 0 Å². The second-order valence-electron chi connectivity index (χ2n) is 5.86. The summed E-state index contributed by atoms with van der Waals surface area (Å²) in [6.45, 7) is 7.52. The summed E-state index contributed by atoms with van der Waals surface area (Å²) in [6.07, 6.45) is -0.414. The molecule has 0 aromatic heterocycles. The van der Waals surface area contributed by atoms with Crippen molar-refractivity contribution in [2.75, 3.05) is 39.4 Å². The lowest BCUT2D eigenvalue weighted by Gasteiger charge is -2.36. The van der Waals surface area contributed by atoms with Crippen molar-refractivity contribution in [1.82, 2.24) is 10.6 Å². The van der Waals surface area contributed by atoms with Crippen LogP contribution in [0.25, 0.3) is 0 Å². The number of carbonyl (C=O) groups is 2. The zero-order chi connectivity index (χ0) is 15.7. The number of hydrogen-bond acceptors (Lipinski definition) is 6. The van der Waals surface area contributed by atoms with E-state index in [9.17, 15) is 9.59 Å². The zero-order valence-corrected chi connectivity index (χ0v) is 13.0. The molecule has 2 unspecified atom stereocenters. The van der Waals surface area contributed by atoms with Gasteiger partial charge in [0.15, 0.2) is 0 Å². The Bertz CT molecular complexity index is 502. The molecule has 6 heteroatoms. The number of morpholine rings is 2. The molecule has 6 nitrogen and oxygen atoms in total. The van der Waals surface area contributed by atoms with Gasteiger partial charge in [0.1, 0.15) is 0 Å². The highest BCUT2D eigenvalue weighted by Crippen LogP contribution is 2.34. The molecular formula is C16H22N2O4. The van der Waals surface area contributed by atoms with Crippen LogP contribution in [0, 0.1) is 0 Å². The second-order valence-corrected chi connectivity index (χ2v) is 5.86. The summed E-state index contributed by atoms with van der Waals surface area (Å²) in [4.78, 5) is 24.5. The number of nitrogens with one attached hydrogen (secondary N) is 2. The molecule has 2 atom stereocenters. The predicted molar refractivity (Wildman–Crippen MR) is 80.6 cm³/mol. The molecule has 2 fully saturated rings. The average molecular weight is 306 g/mol. The van der Waals surface area contributed by atoms with E-state index in [0.29, 0.717) is 37.4 Å². The Morgan fingerprint density at radius 1 is 0.818 bits per heavy atom. The lowest BCUT2D eigenvalue weighted by atomic mass is 9.79. The Morgan fingerprint density at radius 2 is 1.23 bits per heavy atom. The quantitative estimate of drug-likeness (QED) is 0.541. The largest absolute Gasteiger partial charge is 0.371 e. The SMILES string of the molecule is CC1=C(C2CNCCO2)C(C2CNCCO2)=C(C)C(=O)C1=O. The average Bonchev–Trinajstić information content (AvgIpc) is 2.57. The van der Waals surface area contributed by atoms with Crippen molar-refractivity contribution < 1.29 is 19.1 Å². The van der Waals surface area contributed by atoms with Gasteiger partial charge in [0.05, 0.1) is 25.4 Å². The summed E-state index contributed by atoms with van der Waals surface area (Å²) in [5.41, 5.74) is 2.66. The molecule has 2 aliphatic heterocycles. The third-order valence-electron chi connectivity index (χ3n) is 4.48. The van der Waals surface area contributed by atoms with Crippen LogP contribution in [0.1, 0.15) is 13.8 Å². The predicted octanol–water partition coefficient (Wildman–Crippen LogP) is -0.252. The van der Waals surface area contributed by atoms with Crippen LogP contribution in [-0.4, -0.2) is 63.2 Å². The summed E-state index contributed by atoms with van der Waals surface area (Å²) in [7, 11) is 0. The monoisotopic (exact) mass is 306 g/mol. The van der Waals surface area contributed by atoms with Gasteiger partial charge in [-0.3, -0.25) is 9.59 Å². The minimum atomic E-state index is -0.422. The third-order valence-corrected chi connectivity index (χ3v) is 4.48. The lowest BCUT2D eigenvalue weighted by Crippen LogP contribution is -2.46. The first-order chi connectivity index (χ1) is 10.6. The molecule has 0 saturated carbocycles. The smallest absolute Gasteiger partial charge is 0.229 e. The zero-order valence-electron chi connectivity index (χ0n) is 13.0. The molecule has 22 heavy (non-hydrogen) atoms. The van der Waals surface area contributed by atoms with Crippen LogP contribution >= 0.6 is 0 Å². The van der Waals surface area contributed by atoms with Crippen molar-refractivity contribution in [2.45, 2.75) is 26.1 Å². The van der Waals surface area contributed by atoms with Crippen LogP contribution in [0.3, 0.4) is 0 Å². The van der Waals surface area contributed by atoms with Gasteiger partial charge in [0.25, 0.3) is 0 Å². The number of hydrogen-bond donors (Lipinski definition) is 2. The van der Waals surface area contributed by atoms with E-state index in [1.807, 2.05) is 0 Å². The van der Waals surface area contributed by atoms with Gasteiger partial charge < -0.3 is 20.1 Å². The second kappa shape index (κ2) is 6.42. The van der Waals surface area contributed by atoms with Gasteiger partial charge in [0.2, 0.25) is 11.6 Å². The minimum absolute atomic E-state index is 0.207. The minimum Gasteiger partial charge on any atom is -0.371 e. The first-order valence-corrected chi connectivity index (χ1v) is 7.77. The topological polar surface area (TPSA) is 76.7 Å². The molecule has 3 aliphatic rings. The highest BCUT2D eigenvalue weighted by Gasteiger charge is 2.38. The van der Waals surface area contributed by atoms with Crippen molar-refractivity contribution in [1.29, 1.82) is 0 Å². The van der Waals surface area contributed by atoms with Crippen molar-refractivity contribution in [2.24, 2.45) is 0 Å². The molecule has 120 valence electrons. The number of carbonyl (C=O) groups excluding carboxylic acids is 2. The van der Waals surface area contributed by atoms with Crippen LogP contribution in [0.5, 0.6) is 0 Å². The van der Waals surface area contributed by atoms with E-state index in [4.69, 9.17) is 9.47 Å². The summed E-state index contributed by atoms with van der Waals surface area (Å²) < 4.78 is 11.7. The molecule has 2 heterocycles. The number of Topliss-reactive ketones (excluding diaryl/α,β-unsaturated/α-hetero) is 2. The van der Waals surface area contributed by atoms with Gasteiger partial charge in [0, 0.05) is 37.3 Å². The molecule has 2 N–H and O–H groups in total. The van der Waals surface area contributed by atoms with E-state index in [2.05, 4.69) is 10.6 Å². The fourth-order valence-electron chi connectivity index (χ4n) is 3.32. The molecule has 0 radical (unpaired) electrons. The van der Waals surface area contributed by atoms with Crippen LogP contribution < -0.4 is 10.6 Å². The molecule has 0 aromatic rings. The number of rotatable bonds is 2. The summed E-state index contributed by atoms with van der Waals surface area (Å²) >= 11 is 0. The van der Waals surface area contributed by atoms with Crippen LogP contribution in [0.15, 0.2) is 22.3 Å². The van der Waals surface area contributed by atoms with E-state index in [-0.39, 0.29) is 12.2 Å². The van der Waals surface area contributed by atoms with Gasteiger partial charge >= 0.3 is 0 Å². The Hall–Kier alpha value is -1.34. The maximum Gasteiger partial charge on any atom is 0.229 e. The highest BCUT2D eigenvalue weighted by atomic mass is 16.5. The summed E-state index contributed by atoms with van der Waals surface area (Å²) in [5.74, 6) is -0.844. The summed E-state index contributed by atoms with van der Waals surface area (Å²) in [5, 5.41) is 6.57. The number of ketones is 2. The Labute approximate surface area is 129 Å².